The topological polar surface area (TPSA) is 26.8 Å². The summed E-state index contributed by atoms with van der Waals surface area (Å²) in [5.41, 5.74) is 3.82. The largest absolute Gasteiger partial charge is 0.321 e. The van der Waals surface area contributed by atoms with Crippen LogP contribution >= 0.6 is 12.2 Å². The fourth-order valence-corrected chi connectivity index (χ4v) is 3.66. The number of thiocarbonyl (C=S) groups is 1. The highest BCUT2D eigenvalue weighted by Crippen LogP contribution is 2.35. The van der Waals surface area contributed by atoms with Crippen molar-refractivity contribution in [2.45, 2.75) is 6.92 Å². The van der Waals surface area contributed by atoms with Crippen LogP contribution in [0.15, 0.2) is 84.9 Å². The Balaban J connectivity index is 1.83. The summed E-state index contributed by atoms with van der Waals surface area (Å²) in [6, 6.07) is 27.8. The van der Waals surface area contributed by atoms with Gasteiger partial charge in [-0.1, -0.05) is 60.7 Å². The highest BCUT2D eigenvalue weighted by Gasteiger charge is 2.32. The van der Waals surface area contributed by atoms with Gasteiger partial charge >= 0.3 is 0 Å². The average molecular weight is 373 g/mol. The van der Waals surface area contributed by atoms with E-state index < -0.39 is 0 Å². The van der Waals surface area contributed by atoms with Crippen LogP contribution in [0.25, 0.3) is 0 Å². The van der Waals surface area contributed by atoms with Crippen LogP contribution in [0.4, 0.5) is 17.1 Å². The van der Waals surface area contributed by atoms with Gasteiger partial charge in [0.15, 0.2) is 0 Å². The van der Waals surface area contributed by atoms with E-state index in [1.165, 1.54) is 0 Å². The summed E-state index contributed by atoms with van der Waals surface area (Å²) < 4.78 is 0. The summed E-state index contributed by atoms with van der Waals surface area (Å²) in [6.07, 6.45) is 0. The van der Waals surface area contributed by atoms with E-state index in [9.17, 15) is 4.79 Å². The average Bonchev–Trinajstić information content (AvgIpc) is 2.71. The lowest BCUT2D eigenvalue weighted by molar-refractivity contribution is -0.118. The van der Waals surface area contributed by atoms with Gasteiger partial charge in [-0.2, -0.15) is 0 Å². The molecule has 0 bridgehead atoms. The van der Waals surface area contributed by atoms with Crippen molar-refractivity contribution in [2.24, 2.45) is 0 Å². The number of carbonyl (C=O) groups is 1. The van der Waals surface area contributed by atoms with E-state index in [4.69, 9.17) is 12.2 Å². The molecule has 27 heavy (non-hydrogen) atoms. The minimum absolute atomic E-state index is 0.0871. The number of nitrogens with zero attached hydrogens (tertiary/aromatic N) is 3. The number of benzene rings is 3. The second-order valence-electron chi connectivity index (χ2n) is 6.29. The van der Waals surface area contributed by atoms with Crippen LogP contribution in [0.5, 0.6) is 0 Å². The Kier molecular flexibility index (Phi) is 4.60. The van der Waals surface area contributed by atoms with Crippen molar-refractivity contribution in [3.05, 3.63) is 90.5 Å². The van der Waals surface area contributed by atoms with Crippen LogP contribution in [-0.4, -0.2) is 22.6 Å². The van der Waals surface area contributed by atoms with E-state index in [0.29, 0.717) is 11.7 Å². The highest BCUT2D eigenvalue weighted by atomic mass is 32.1. The summed E-state index contributed by atoms with van der Waals surface area (Å²) in [6.45, 7) is 2.01. The van der Waals surface area contributed by atoms with Crippen molar-refractivity contribution < 1.29 is 4.79 Å². The van der Waals surface area contributed by atoms with E-state index in [1.807, 2.05) is 71.7 Å². The van der Waals surface area contributed by atoms with Crippen LogP contribution in [0.3, 0.4) is 0 Å². The molecule has 0 atom stereocenters. The van der Waals surface area contributed by atoms with Gasteiger partial charge in [0.05, 0.1) is 11.4 Å². The second-order valence-corrected chi connectivity index (χ2v) is 6.68. The van der Waals surface area contributed by atoms with E-state index in [-0.39, 0.29) is 5.91 Å². The minimum atomic E-state index is -0.0871. The Morgan fingerprint density at radius 3 is 2.15 bits per heavy atom. The van der Waals surface area contributed by atoms with E-state index in [0.717, 1.165) is 22.6 Å². The maximum absolute atomic E-state index is 12.6. The van der Waals surface area contributed by atoms with Gasteiger partial charge in [0.1, 0.15) is 11.7 Å². The van der Waals surface area contributed by atoms with Gasteiger partial charge in [-0.05, 0) is 36.4 Å². The Labute approximate surface area is 164 Å². The van der Waals surface area contributed by atoms with Crippen molar-refractivity contribution >= 4 is 40.2 Å². The zero-order chi connectivity index (χ0) is 18.8. The van der Waals surface area contributed by atoms with Gasteiger partial charge in [0.2, 0.25) is 5.91 Å². The Hall–Kier alpha value is -3.18. The zero-order valence-corrected chi connectivity index (χ0v) is 15.8. The van der Waals surface area contributed by atoms with Crippen LogP contribution in [0, 0.1) is 0 Å². The number of hydrogen-bond acceptors (Lipinski definition) is 3. The molecule has 0 saturated heterocycles. The first kappa shape index (κ1) is 17.2. The van der Waals surface area contributed by atoms with Gasteiger partial charge in [-0.3, -0.25) is 4.79 Å². The second kappa shape index (κ2) is 7.21. The number of amides is 1. The molecule has 1 amide bonds. The molecule has 0 aromatic heterocycles. The number of hydrazine groups is 1. The molecule has 0 radical (unpaired) electrons. The minimum Gasteiger partial charge on any atom is -0.321 e. The molecule has 134 valence electrons. The first-order valence-electron chi connectivity index (χ1n) is 8.76. The fourth-order valence-electron chi connectivity index (χ4n) is 3.35. The number of fused-ring (bicyclic) bond motifs is 1. The third-order valence-corrected chi connectivity index (χ3v) is 4.97. The molecule has 3 aromatic rings. The van der Waals surface area contributed by atoms with E-state index >= 15 is 0 Å². The normalized spacial score (nSPS) is 13.3. The summed E-state index contributed by atoms with van der Waals surface area (Å²) in [7, 11) is 0. The number of hydrogen-bond donors (Lipinski definition) is 0. The monoisotopic (exact) mass is 373 g/mol. The molecule has 4 nitrogen and oxygen atoms in total. The molecule has 0 unspecified atom stereocenters. The molecule has 3 aromatic carbocycles. The van der Waals surface area contributed by atoms with Gasteiger partial charge in [0.25, 0.3) is 0 Å². The highest BCUT2D eigenvalue weighted by molar-refractivity contribution is 7.80. The predicted molar refractivity (Wildman–Crippen MR) is 113 cm³/mol. The standard InChI is InChI=1S/C22H19N3OS/c1-17(26)25(19-12-6-3-7-13-19)24-16-23(18-10-4-2-5-11-18)21-15-9-8-14-20(21)22(24)27/h2-15H,16H2,1H3. The molecule has 0 N–H and O–H groups in total. The molecule has 0 spiro atoms. The lowest BCUT2D eigenvalue weighted by atomic mass is 10.1. The van der Waals surface area contributed by atoms with Crippen LogP contribution in [-0.2, 0) is 4.79 Å². The van der Waals surface area contributed by atoms with Crippen molar-refractivity contribution in [3.8, 4) is 0 Å². The number of para-hydroxylation sites is 3. The third-order valence-electron chi connectivity index (χ3n) is 4.54. The third kappa shape index (κ3) is 3.17. The Morgan fingerprint density at radius 2 is 1.48 bits per heavy atom. The van der Waals surface area contributed by atoms with Gasteiger partial charge < -0.3 is 4.90 Å². The quantitative estimate of drug-likeness (QED) is 0.620. The maximum atomic E-state index is 12.6. The van der Waals surface area contributed by atoms with Crippen LogP contribution < -0.4 is 9.91 Å². The van der Waals surface area contributed by atoms with Gasteiger partial charge in [-0.15, -0.1) is 0 Å². The van der Waals surface area contributed by atoms with Crippen molar-refractivity contribution in [2.75, 3.05) is 16.6 Å². The summed E-state index contributed by atoms with van der Waals surface area (Å²) in [4.78, 5) is 15.4. The number of carbonyl (C=O) groups excluding carboxylic acids is 1. The fraction of sp³-hybridized carbons (Fsp3) is 0.0909. The summed E-state index contributed by atoms with van der Waals surface area (Å²) in [5.74, 6) is -0.0871. The molecule has 1 heterocycles. The van der Waals surface area contributed by atoms with Crippen LogP contribution in [0.2, 0.25) is 0 Å². The van der Waals surface area contributed by atoms with Crippen molar-refractivity contribution in [1.82, 2.24) is 5.01 Å². The molecule has 0 fully saturated rings. The zero-order valence-electron chi connectivity index (χ0n) is 14.9. The smallest absolute Gasteiger partial charge is 0.242 e. The summed E-state index contributed by atoms with van der Waals surface area (Å²) in [5, 5.41) is 3.51. The molecule has 0 aliphatic carbocycles. The first-order valence-corrected chi connectivity index (χ1v) is 9.17. The Bertz CT molecular complexity index is 975. The molecular weight excluding hydrogens is 354 g/mol. The van der Waals surface area contributed by atoms with Crippen LogP contribution in [0.1, 0.15) is 12.5 Å². The molecule has 5 heteroatoms. The van der Waals surface area contributed by atoms with E-state index in [1.54, 1.807) is 11.9 Å². The number of anilines is 3. The van der Waals surface area contributed by atoms with Gasteiger partial charge in [0, 0.05) is 18.2 Å². The van der Waals surface area contributed by atoms with Crippen molar-refractivity contribution in [1.29, 1.82) is 0 Å². The molecule has 1 aliphatic rings. The molecule has 0 saturated carbocycles. The summed E-state index contributed by atoms with van der Waals surface area (Å²) >= 11 is 5.79. The lowest BCUT2D eigenvalue weighted by Crippen LogP contribution is -2.55. The predicted octanol–water partition coefficient (Wildman–Crippen LogP) is 4.74. The number of rotatable bonds is 3. The van der Waals surface area contributed by atoms with Gasteiger partial charge in [-0.25, -0.2) is 10.0 Å². The molecule has 4 rings (SSSR count). The van der Waals surface area contributed by atoms with Crippen molar-refractivity contribution in [3.63, 3.8) is 0 Å². The van der Waals surface area contributed by atoms with E-state index in [2.05, 4.69) is 23.1 Å². The Morgan fingerprint density at radius 1 is 0.889 bits per heavy atom. The molecule has 1 aliphatic heterocycles. The lowest BCUT2D eigenvalue weighted by Gasteiger charge is -2.44. The molecular formula is C22H19N3OS. The first-order chi connectivity index (χ1) is 13.2. The maximum Gasteiger partial charge on any atom is 0.242 e. The SMILES string of the molecule is CC(=O)N(c1ccccc1)N1CN(c2ccccc2)c2ccccc2C1=S.